The van der Waals surface area contributed by atoms with Crippen molar-refractivity contribution in [1.82, 2.24) is 4.90 Å². The zero-order valence-electron chi connectivity index (χ0n) is 26.1. The lowest BCUT2D eigenvalue weighted by molar-refractivity contribution is 0.0160. The van der Waals surface area contributed by atoms with Crippen LogP contribution in [-0.2, 0) is 9.47 Å². The number of ether oxygens (including phenoxy) is 4. The van der Waals surface area contributed by atoms with Crippen LogP contribution < -0.4 is 9.47 Å². The quantitative estimate of drug-likeness (QED) is 0.235. The Morgan fingerprint density at radius 3 is 2.51 bits per heavy atom. The number of carbonyl (C=O) groups is 2. The molecule has 1 aliphatic heterocycles. The Morgan fingerprint density at radius 2 is 1.81 bits per heavy atom. The van der Waals surface area contributed by atoms with E-state index in [1.165, 1.54) is 20.3 Å². The van der Waals surface area contributed by atoms with Gasteiger partial charge in [0, 0.05) is 18.0 Å². The molecule has 43 heavy (non-hydrogen) atoms. The molecule has 0 aliphatic carbocycles. The highest BCUT2D eigenvalue weighted by molar-refractivity contribution is 5.91. The van der Waals surface area contributed by atoms with Gasteiger partial charge in [0.25, 0.3) is 0 Å². The normalized spacial score (nSPS) is 16.8. The molecule has 1 heterocycles. The summed E-state index contributed by atoms with van der Waals surface area (Å²) in [5, 5.41) is 0. The summed E-state index contributed by atoms with van der Waals surface area (Å²) in [6, 6.07) is 18.2. The average molecular weight is 592 g/mol. The van der Waals surface area contributed by atoms with Crippen LogP contribution in [0.4, 0.5) is 9.18 Å². The summed E-state index contributed by atoms with van der Waals surface area (Å²) in [7, 11) is 2.81. The molecule has 1 amide bonds. The lowest BCUT2D eigenvalue weighted by atomic mass is 9.82. The van der Waals surface area contributed by atoms with E-state index in [9.17, 15) is 14.0 Å². The van der Waals surface area contributed by atoms with Crippen molar-refractivity contribution in [2.75, 3.05) is 20.8 Å². The van der Waals surface area contributed by atoms with Crippen LogP contribution >= 0.6 is 0 Å². The molecule has 1 aliphatic rings. The second kappa shape index (κ2) is 13.5. The molecule has 230 valence electrons. The van der Waals surface area contributed by atoms with Crippen molar-refractivity contribution in [3.05, 3.63) is 94.3 Å². The smallest absolute Gasteiger partial charge is 0.410 e. The number of hydrogen-bond acceptors (Lipinski definition) is 6. The fraction of sp³-hybridized carbons (Fsp3) is 0.429. The van der Waals surface area contributed by atoms with Gasteiger partial charge in [-0.1, -0.05) is 36.4 Å². The summed E-state index contributed by atoms with van der Waals surface area (Å²) < 4.78 is 36.5. The molecule has 0 fully saturated rings. The lowest BCUT2D eigenvalue weighted by Crippen LogP contribution is -2.39. The highest BCUT2D eigenvalue weighted by atomic mass is 19.1. The molecule has 0 spiro atoms. The standard InChI is InChI=1S/C35H42FNO6/c1-22-14-15-25(19-28(22)33(38)41-7)29-21-26(42-31-13-9-8-12-27(29)31)11-10-18-37(34(39)43-35(3,4)5)23(2)24-16-17-30(36)32(20-24)40-6/h8-9,12-17,19-20,23,26,29H,10-11,18,21H2,1-7H3/t23-,26+,29?/m1/s1. The third kappa shape index (κ3) is 7.66. The van der Waals surface area contributed by atoms with Crippen molar-refractivity contribution in [1.29, 1.82) is 0 Å². The van der Waals surface area contributed by atoms with Gasteiger partial charge in [-0.15, -0.1) is 0 Å². The predicted octanol–water partition coefficient (Wildman–Crippen LogP) is 7.99. The van der Waals surface area contributed by atoms with E-state index >= 15 is 0 Å². The average Bonchev–Trinajstić information content (AvgIpc) is 2.97. The molecule has 3 aromatic rings. The highest BCUT2D eigenvalue weighted by Crippen LogP contribution is 2.42. The monoisotopic (exact) mass is 591 g/mol. The van der Waals surface area contributed by atoms with E-state index in [1.807, 2.05) is 65.0 Å². The summed E-state index contributed by atoms with van der Waals surface area (Å²) in [5.74, 6) is 0.164. The lowest BCUT2D eigenvalue weighted by Gasteiger charge is -2.34. The fourth-order valence-electron chi connectivity index (χ4n) is 5.54. The van der Waals surface area contributed by atoms with Gasteiger partial charge >= 0.3 is 12.1 Å². The Kier molecular flexibility index (Phi) is 9.99. The van der Waals surface area contributed by atoms with Gasteiger partial charge in [-0.05, 0) is 94.8 Å². The van der Waals surface area contributed by atoms with Crippen LogP contribution in [0, 0.1) is 12.7 Å². The van der Waals surface area contributed by atoms with Gasteiger partial charge in [-0.25, -0.2) is 14.0 Å². The van der Waals surface area contributed by atoms with E-state index in [4.69, 9.17) is 18.9 Å². The topological polar surface area (TPSA) is 74.3 Å². The zero-order chi connectivity index (χ0) is 31.3. The number of amides is 1. The van der Waals surface area contributed by atoms with Crippen molar-refractivity contribution in [3.63, 3.8) is 0 Å². The van der Waals surface area contributed by atoms with E-state index in [0.29, 0.717) is 24.9 Å². The number of halogens is 1. The number of methoxy groups -OCH3 is 2. The Morgan fingerprint density at radius 1 is 1.07 bits per heavy atom. The number of esters is 1. The minimum absolute atomic E-state index is 0.0338. The number of rotatable bonds is 9. The number of para-hydroxylation sites is 1. The van der Waals surface area contributed by atoms with Gasteiger partial charge < -0.3 is 23.8 Å². The maximum Gasteiger partial charge on any atom is 0.410 e. The molecule has 0 bridgehead atoms. The number of hydrogen-bond donors (Lipinski definition) is 0. The third-order valence-corrected chi connectivity index (χ3v) is 7.83. The molecule has 0 aromatic heterocycles. The maximum atomic E-state index is 14.1. The van der Waals surface area contributed by atoms with Crippen molar-refractivity contribution >= 4 is 12.1 Å². The first-order chi connectivity index (χ1) is 20.4. The van der Waals surface area contributed by atoms with E-state index in [-0.39, 0.29) is 29.8 Å². The van der Waals surface area contributed by atoms with Crippen molar-refractivity contribution in [2.45, 2.75) is 77.5 Å². The molecular weight excluding hydrogens is 549 g/mol. The van der Waals surface area contributed by atoms with E-state index in [2.05, 4.69) is 12.1 Å². The third-order valence-electron chi connectivity index (χ3n) is 7.83. The summed E-state index contributed by atoms with van der Waals surface area (Å²) in [5.41, 5.74) is 3.60. The van der Waals surface area contributed by atoms with Crippen molar-refractivity contribution in [2.24, 2.45) is 0 Å². The first-order valence-corrected chi connectivity index (χ1v) is 14.7. The first-order valence-electron chi connectivity index (χ1n) is 14.7. The Hall–Kier alpha value is -4.07. The molecule has 4 rings (SSSR count). The molecule has 0 N–H and O–H groups in total. The Balaban J connectivity index is 1.54. The van der Waals surface area contributed by atoms with Crippen molar-refractivity contribution in [3.8, 4) is 11.5 Å². The molecule has 0 saturated heterocycles. The minimum Gasteiger partial charge on any atom is -0.494 e. The summed E-state index contributed by atoms with van der Waals surface area (Å²) in [6.45, 7) is 9.71. The number of carbonyl (C=O) groups excluding carboxylic acids is 2. The Bertz CT molecular complexity index is 1450. The summed E-state index contributed by atoms with van der Waals surface area (Å²) >= 11 is 0. The molecule has 3 aromatic carbocycles. The highest BCUT2D eigenvalue weighted by Gasteiger charge is 2.31. The van der Waals surface area contributed by atoms with E-state index in [0.717, 1.165) is 34.4 Å². The molecule has 1 unspecified atom stereocenters. The summed E-state index contributed by atoms with van der Waals surface area (Å²) in [4.78, 5) is 27.4. The number of benzene rings is 3. The molecule has 0 saturated carbocycles. The fourth-order valence-corrected chi connectivity index (χ4v) is 5.54. The van der Waals surface area contributed by atoms with Gasteiger partial charge in [-0.2, -0.15) is 0 Å². The van der Waals surface area contributed by atoms with Crippen LogP contribution in [0.1, 0.15) is 91.5 Å². The molecule has 0 radical (unpaired) electrons. The molecule has 3 atom stereocenters. The molecule has 8 heteroatoms. The zero-order valence-corrected chi connectivity index (χ0v) is 26.1. The maximum absolute atomic E-state index is 14.1. The van der Waals surface area contributed by atoms with Crippen LogP contribution in [-0.4, -0.2) is 49.4 Å². The van der Waals surface area contributed by atoms with Gasteiger partial charge in [0.05, 0.1) is 31.9 Å². The summed E-state index contributed by atoms with van der Waals surface area (Å²) in [6.07, 6.45) is 1.52. The van der Waals surface area contributed by atoms with Gasteiger partial charge in [0.15, 0.2) is 11.6 Å². The predicted molar refractivity (Wildman–Crippen MR) is 163 cm³/mol. The van der Waals surface area contributed by atoms with Crippen molar-refractivity contribution < 1.29 is 32.9 Å². The second-order valence-corrected chi connectivity index (χ2v) is 12.0. The van der Waals surface area contributed by atoms with Gasteiger partial charge in [0.2, 0.25) is 0 Å². The minimum atomic E-state index is -0.671. The van der Waals surface area contributed by atoms with Crippen LogP contribution in [0.5, 0.6) is 11.5 Å². The second-order valence-electron chi connectivity index (χ2n) is 12.0. The van der Waals surface area contributed by atoms with Crippen LogP contribution in [0.15, 0.2) is 60.7 Å². The van der Waals surface area contributed by atoms with Crippen LogP contribution in [0.2, 0.25) is 0 Å². The van der Waals surface area contributed by atoms with Crippen LogP contribution in [0.3, 0.4) is 0 Å². The van der Waals surface area contributed by atoms with E-state index in [1.54, 1.807) is 17.0 Å². The number of aryl methyl sites for hydroxylation is 1. The van der Waals surface area contributed by atoms with Gasteiger partial charge in [-0.3, -0.25) is 0 Å². The number of nitrogens with zero attached hydrogens (tertiary/aromatic N) is 1. The SMILES string of the molecule is COC(=O)c1cc(C2C[C@H](CCCN(C(=O)OC(C)(C)C)[C@H](C)c3ccc(F)c(OC)c3)Oc3ccccc32)ccc1C. The molecule has 7 nitrogen and oxygen atoms in total. The Labute approximate surface area is 253 Å². The van der Waals surface area contributed by atoms with Crippen LogP contribution in [0.25, 0.3) is 0 Å². The number of fused-ring (bicyclic) bond motifs is 1. The van der Waals surface area contributed by atoms with E-state index < -0.39 is 17.5 Å². The largest absolute Gasteiger partial charge is 0.494 e. The molecular formula is C35H42FNO6. The first kappa shape index (κ1) is 31.9. The van der Waals surface area contributed by atoms with Gasteiger partial charge in [0.1, 0.15) is 11.4 Å².